The first-order valence-corrected chi connectivity index (χ1v) is 10.1. The van der Waals surface area contributed by atoms with Gasteiger partial charge in [-0.25, -0.2) is 9.97 Å². The molecule has 0 bridgehead atoms. The fourth-order valence-corrected chi connectivity index (χ4v) is 4.01. The van der Waals surface area contributed by atoms with Crippen LogP contribution in [0.5, 0.6) is 0 Å². The van der Waals surface area contributed by atoms with Gasteiger partial charge >= 0.3 is 0 Å². The van der Waals surface area contributed by atoms with E-state index < -0.39 is 0 Å². The number of benzene rings is 1. The summed E-state index contributed by atoms with van der Waals surface area (Å²) in [5.41, 5.74) is 2.14. The number of aromatic nitrogens is 4. The van der Waals surface area contributed by atoms with Crippen LogP contribution in [0.1, 0.15) is 31.6 Å². The number of imidazole rings is 2. The molecule has 4 rings (SSSR count). The molecule has 1 aliphatic rings. The molecule has 0 amide bonds. The smallest absolute Gasteiger partial charge is 0.193 e. The standard InChI is InChI=1S/C21H29N7/c1-16-9-12-27(14-19(16)28-13-11-23-15-28)21(22-2)24-10-5-8-20-25-17-6-3-4-7-18(17)26-20/h3-4,6-7,11,13,15-16,19H,5,8-10,12,14H2,1-2H3,(H,22,24)(H,25,26). The molecule has 2 unspecified atom stereocenters. The van der Waals surface area contributed by atoms with Crippen molar-refractivity contribution >= 4 is 17.0 Å². The van der Waals surface area contributed by atoms with E-state index in [1.54, 1.807) is 0 Å². The maximum Gasteiger partial charge on any atom is 0.193 e. The van der Waals surface area contributed by atoms with Crippen LogP contribution in [0.4, 0.5) is 0 Å². The highest BCUT2D eigenvalue weighted by atomic mass is 15.3. The highest BCUT2D eigenvalue weighted by Gasteiger charge is 2.28. The number of likely N-dealkylation sites (tertiary alicyclic amines) is 1. The molecule has 1 saturated heterocycles. The van der Waals surface area contributed by atoms with Gasteiger partial charge in [-0.05, 0) is 30.9 Å². The number of hydrogen-bond donors (Lipinski definition) is 2. The minimum Gasteiger partial charge on any atom is -0.356 e. The van der Waals surface area contributed by atoms with Crippen LogP contribution >= 0.6 is 0 Å². The van der Waals surface area contributed by atoms with Crippen LogP contribution in [0.2, 0.25) is 0 Å². The Labute approximate surface area is 165 Å². The maximum absolute atomic E-state index is 4.65. The molecule has 0 saturated carbocycles. The molecule has 1 fully saturated rings. The molecule has 0 aliphatic carbocycles. The van der Waals surface area contributed by atoms with Gasteiger partial charge in [0.25, 0.3) is 0 Å². The lowest BCUT2D eigenvalue weighted by Crippen LogP contribution is -2.49. The Kier molecular flexibility index (Phi) is 5.60. The highest BCUT2D eigenvalue weighted by molar-refractivity contribution is 5.80. The predicted octanol–water partition coefficient (Wildman–Crippen LogP) is 2.85. The first kappa shape index (κ1) is 18.5. The molecule has 148 valence electrons. The summed E-state index contributed by atoms with van der Waals surface area (Å²) in [5, 5.41) is 3.53. The summed E-state index contributed by atoms with van der Waals surface area (Å²) in [5.74, 6) is 2.67. The molecule has 3 aromatic rings. The van der Waals surface area contributed by atoms with Gasteiger partial charge < -0.3 is 19.8 Å². The summed E-state index contributed by atoms with van der Waals surface area (Å²) in [4.78, 5) is 19.2. The van der Waals surface area contributed by atoms with Crippen LogP contribution in [0.15, 0.2) is 48.0 Å². The van der Waals surface area contributed by atoms with E-state index in [1.165, 1.54) is 0 Å². The van der Waals surface area contributed by atoms with Gasteiger partial charge in [-0.2, -0.15) is 0 Å². The van der Waals surface area contributed by atoms with Crippen LogP contribution < -0.4 is 5.32 Å². The second kappa shape index (κ2) is 8.46. The molecule has 2 atom stereocenters. The molecule has 0 spiro atoms. The number of fused-ring (bicyclic) bond motifs is 1. The average Bonchev–Trinajstić information content (AvgIpc) is 3.38. The van der Waals surface area contributed by atoms with Crippen LogP contribution in [0.3, 0.4) is 0 Å². The summed E-state index contributed by atoms with van der Waals surface area (Å²) in [7, 11) is 1.87. The third kappa shape index (κ3) is 4.03. The molecule has 2 aromatic heterocycles. The number of piperidine rings is 1. The summed E-state index contributed by atoms with van der Waals surface area (Å²) < 4.78 is 2.23. The van der Waals surface area contributed by atoms with E-state index in [9.17, 15) is 0 Å². The van der Waals surface area contributed by atoms with Crippen LogP contribution in [-0.4, -0.2) is 57.1 Å². The first-order valence-electron chi connectivity index (χ1n) is 10.1. The molecule has 2 N–H and O–H groups in total. The first-order chi connectivity index (χ1) is 13.7. The Morgan fingerprint density at radius 2 is 2.25 bits per heavy atom. The van der Waals surface area contributed by atoms with Gasteiger partial charge in [0.05, 0.1) is 23.4 Å². The maximum atomic E-state index is 4.65. The van der Waals surface area contributed by atoms with Gasteiger partial charge in [0.1, 0.15) is 5.82 Å². The van der Waals surface area contributed by atoms with E-state index in [-0.39, 0.29) is 0 Å². The number of aliphatic imine (C=N–C) groups is 1. The minimum atomic E-state index is 0.436. The minimum absolute atomic E-state index is 0.436. The molecule has 1 aliphatic heterocycles. The fraction of sp³-hybridized carbons (Fsp3) is 0.476. The molecular formula is C21H29N7. The summed E-state index contributed by atoms with van der Waals surface area (Å²) in [6.45, 7) is 5.20. The number of guanidine groups is 1. The number of rotatable bonds is 5. The van der Waals surface area contributed by atoms with E-state index in [2.05, 4.69) is 53.9 Å². The molecule has 1 aromatic carbocycles. The number of H-pyrrole nitrogens is 1. The molecule has 7 nitrogen and oxygen atoms in total. The summed E-state index contributed by atoms with van der Waals surface area (Å²) >= 11 is 0. The Morgan fingerprint density at radius 1 is 1.36 bits per heavy atom. The van der Waals surface area contributed by atoms with Crippen molar-refractivity contribution in [3.8, 4) is 0 Å². The highest BCUT2D eigenvalue weighted by Crippen LogP contribution is 2.27. The Bertz CT molecular complexity index is 879. The zero-order chi connectivity index (χ0) is 19.3. The van der Waals surface area contributed by atoms with E-state index >= 15 is 0 Å². The van der Waals surface area contributed by atoms with Crippen LogP contribution in [0.25, 0.3) is 11.0 Å². The average molecular weight is 380 g/mol. The Balaban J connectivity index is 1.29. The molecule has 0 radical (unpaired) electrons. The topological polar surface area (TPSA) is 74.1 Å². The van der Waals surface area contributed by atoms with Gasteiger partial charge in [-0.1, -0.05) is 19.1 Å². The van der Waals surface area contributed by atoms with Gasteiger partial charge in [0.2, 0.25) is 0 Å². The third-order valence-corrected chi connectivity index (χ3v) is 5.65. The van der Waals surface area contributed by atoms with Crippen molar-refractivity contribution in [1.29, 1.82) is 0 Å². The van der Waals surface area contributed by atoms with Gasteiger partial charge in [0, 0.05) is 45.5 Å². The molecule has 28 heavy (non-hydrogen) atoms. The lowest BCUT2D eigenvalue weighted by atomic mass is 9.93. The van der Waals surface area contributed by atoms with Crippen LogP contribution in [0, 0.1) is 5.92 Å². The van der Waals surface area contributed by atoms with Crippen molar-refractivity contribution in [1.82, 2.24) is 29.7 Å². The predicted molar refractivity (Wildman–Crippen MR) is 112 cm³/mol. The zero-order valence-corrected chi connectivity index (χ0v) is 16.7. The molecular weight excluding hydrogens is 350 g/mol. The normalized spacial score (nSPS) is 20.6. The second-order valence-corrected chi connectivity index (χ2v) is 7.57. The van der Waals surface area contributed by atoms with Crippen molar-refractivity contribution in [3.05, 3.63) is 48.8 Å². The Hall–Kier alpha value is -2.83. The zero-order valence-electron chi connectivity index (χ0n) is 16.7. The van der Waals surface area contributed by atoms with E-state index in [0.717, 1.165) is 61.7 Å². The SMILES string of the molecule is CN=C(NCCCc1nc2ccccc2[nH]1)N1CCC(C)C(n2ccnc2)C1. The number of nitrogens with zero attached hydrogens (tertiary/aromatic N) is 5. The van der Waals surface area contributed by atoms with Gasteiger partial charge in [-0.15, -0.1) is 0 Å². The number of para-hydroxylation sites is 2. The molecule has 7 heteroatoms. The lowest BCUT2D eigenvalue weighted by Gasteiger charge is -2.39. The number of nitrogens with one attached hydrogen (secondary N) is 2. The molecule has 3 heterocycles. The van der Waals surface area contributed by atoms with Crippen molar-refractivity contribution in [2.75, 3.05) is 26.7 Å². The van der Waals surface area contributed by atoms with Crippen molar-refractivity contribution in [2.45, 2.75) is 32.2 Å². The van der Waals surface area contributed by atoms with Crippen molar-refractivity contribution in [2.24, 2.45) is 10.9 Å². The largest absolute Gasteiger partial charge is 0.356 e. The Morgan fingerprint density at radius 3 is 3.04 bits per heavy atom. The summed E-state index contributed by atoms with van der Waals surface area (Å²) in [6, 6.07) is 8.61. The van der Waals surface area contributed by atoms with E-state index in [1.807, 2.05) is 37.8 Å². The fourth-order valence-electron chi connectivity index (χ4n) is 4.01. The summed E-state index contributed by atoms with van der Waals surface area (Å²) in [6.07, 6.45) is 8.93. The van der Waals surface area contributed by atoms with Crippen molar-refractivity contribution < 1.29 is 0 Å². The van der Waals surface area contributed by atoms with E-state index in [4.69, 9.17) is 0 Å². The monoisotopic (exact) mass is 379 g/mol. The van der Waals surface area contributed by atoms with Crippen LogP contribution in [-0.2, 0) is 6.42 Å². The number of hydrogen-bond acceptors (Lipinski definition) is 3. The van der Waals surface area contributed by atoms with Crippen molar-refractivity contribution in [3.63, 3.8) is 0 Å². The van der Waals surface area contributed by atoms with Gasteiger partial charge in [-0.3, -0.25) is 4.99 Å². The lowest BCUT2D eigenvalue weighted by molar-refractivity contribution is 0.189. The second-order valence-electron chi connectivity index (χ2n) is 7.57. The number of aryl methyl sites for hydroxylation is 1. The van der Waals surface area contributed by atoms with Gasteiger partial charge in [0.15, 0.2) is 5.96 Å². The third-order valence-electron chi connectivity index (χ3n) is 5.65. The van der Waals surface area contributed by atoms with E-state index in [0.29, 0.717) is 12.0 Å². The quantitative estimate of drug-likeness (QED) is 0.406. The number of aromatic amines is 1.